The van der Waals surface area contributed by atoms with Crippen molar-refractivity contribution < 1.29 is 9.53 Å². The van der Waals surface area contributed by atoms with Crippen LogP contribution < -0.4 is 15.5 Å². The minimum absolute atomic E-state index is 0.0509. The van der Waals surface area contributed by atoms with E-state index in [0.29, 0.717) is 11.7 Å². The average Bonchev–Trinajstić information content (AvgIpc) is 3.58. The molecule has 0 aliphatic carbocycles. The molecule has 2 fully saturated rings. The van der Waals surface area contributed by atoms with E-state index in [1.54, 1.807) is 0 Å². The standard InChI is InChI=1S/C37H38N6O2S/c1-25-24-31(26(2)43(25)29-15-13-28(14-16-29)41-20-22-45-23-21-41)36-35(33-11-5-6-18-38-33)40-37(46)42(36)19-17-34(44)39-32-12-7-9-27-8-3-4-10-30(27)32/h3-16,18,24,35-36H,17,19-23H2,1-2H3,(H,39,44)(H,40,46)/t35-,36+/m1/s1. The van der Waals surface area contributed by atoms with Crippen molar-refractivity contribution in [2.75, 3.05) is 43.1 Å². The molecule has 2 atom stereocenters. The molecule has 0 radical (unpaired) electrons. The molecule has 46 heavy (non-hydrogen) atoms. The van der Waals surface area contributed by atoms with Crippen LogP contribution in [0.15, 0.2) is 97.2 Å². The van der Waals surface area contributed by atoms with Crippen LogP contribution in [0.4, 0.5) is 11.4 Å². The van der Waals surface area contributed by atoms with Gasteiger partial charge < -0.3 is 29.7 Å². The molecule has 2 aliphatic rings. The quantitative estimate of drug-likeness (QED) is 0.190. The Bertz CT molecular complexity index is 1860. The van der Waals surface area contributed by atoms with Gasteiger partial charge in [-0.05, 0) is 85.5 Å². The number of fused-ring (bicyclic) bond motifs is 1. The Kier molecular flexibility index (Phi) is 8.43. The number of carbonyl (C=O) groups excluding carboxylic acids is 1. The molecule has 3 aromatic carbocycles. The molecule has 4 heterocycles. The van der Waals surface area contributed by atoms with E-state index < -0.39 is 0 Å². The van der Waals surface area contributed by atoms with Crippen molar-refractivity contribution in [3.8, 4) is 5.69 Å². The third kappa shape index (κ3) is 5.84. The number of thiocarbonyl (C=S) groups is 1. The lowest BCUT2D eigenvalue weighted by Crippen LogP contribution is -2.36. The number of aryl methyl sites for hydroxylation is 1. The first-order valence-electron chi connectivity index (χ1n) is 15.9. The second-order valence-electron chi connectivity index (χ2n) is 11.9. The van der Waals surface area contributed by atoms with Gasteiger partial charge in [0.25, 0.3) is 0 Å². The third-order valence-corrected chi connectivity index (χ3v) is 9.47. The van der Waals surface area contributed by atoms with E-state index in [9.17, 15) is 4.79 Å². The van der Waals surface area contributed by atoms with E-state index in [-0.39, 0.29) is 24.4 Å². The topological polar surface area (TPSA) is 74.7 Å². The Morgan fingerprint density at radius 3 is 2.48 bits per heavy atom. The predicted octanol–water partition coefficient (Wildman–Crippen LogP) is 6.48. The molecule has 8 nitrogen and oxygen atoms in total. The maximum Gasteiger partial charge on any atom is 0.226 e. The summed E-state index contributed by atoms with van der Waals surface area (Å²) in [6.07, 6.45) is 2.11. The summed E-state index contributed by atoms with van der Waals surface area (Å²) in [6, 6.07) is 30.7. The lowest BCUT2D eigenvalue weighted by molar-refractivity contribution is -0.116. The lowest BCUT2D eigenvalue weighted by atomic mass is 9.96. The number of aromatic nitrogens is 2. The summed E-state index contributed by atoms with van der Waals surface area (Å²) in [5, 5.41) is 9.42. The molecule has 7 rings (SSSR count). The van der Waals surface area contributed by atoms with Crippen LogP contribution in [-0.4, -0.2) is 58.3 Å². The summed E-state index contributed by atoms with van der Waals surface area (Å²) < 4.78 is 7.84. The minimum Gasteiger partial charge on any atom is -0.378 e. The summed E-state index contributed by atoms with van der Waals surface area (Å²) in [5.41, 5.74) is 7.49. The van der Waals surface area contributed by atoms with E-state index in [4.69, 9.17) is 21.9 Å². The summed E-state index contributed by atoms with van der Waals surface area (Å²) in [4.78, 5) is 22.6. The zero-order valence-electron chi connectivity index (χ0n) is 26.1. The molecule has 2 N–H and O–H groups in total. The fourth-order valence-corrected chi connectivity index (χ4v) is 7.20. The Morgan fingerprint density at radius 1 is 0.957 bits per heavy atom. The van der Waals surface area contributed by atoms with Gasteiger partial charge in [-0.1, -0.05) is 42.5 Å². The van der Waals surface area contributed by atoms with Gasteiger partial charge in [0.2, 0.25) is 5.91 Å². The number of nitrogens with one attached hydrogen (secondary N) is 2. The van der Waals surface area contributed by atoms with Gasteiger partial charge in [0.05, 0.1) is 31.0 Å². The zero-order chi connectivity index (χ0) is 31.6. The molecule has 234 valence electrons. The number of nitrogens with zero attached hydrogens (tertiary/aromatic N) is 4. The van der Waals surface area contributed by atoms with Crippen LogP contribution in [0, 0.1) is 13.8 Å². The van der Waals surface area contributed by atoms with E-state index in [2.05, 4.69) is 81.3 Å². The number of carbonyl (C=O) groups is 1. The van der Waals surface area contributed by atoms with Gasteiger partial charge in [0, 0.05) is 66.1 Å². The van der Waals surface area contributed by atoms with Crippen LogP contribution in [0.1, 0.15) is 41.1 Å². The summed E-state index contributed by atoms with van der Waals surface area (Å²) >= 11 is 5.93. The molecular weight excluding hydrogens is 593 g/mol. The number of morpholine rings is 1. The van der Waals surface area contributed by atoms with Crippen molar-refractivity contribution in [2.24, 2.45) is 0 Å². The van der Waals surface area contributed by atoms with Crippen molar-refractivity contribution in [2.45, 2.75) is 32.4 Å². The van der Waals surface area contributed by atoms with Crippen LogP contribution in [0.3, 0.4) is 0 Å². The summed E-state index contributed by atoms with van der Waals surface area (Å²) in [7, 11) is 0. The Balaban J connectivity index is 1.17. The molecule has 1 amide bonds. The van der Waals surface area contributed by atoms with Crippen LogP contribution in [0.5, 0.6) is 0 Å². The molecule has 0 saturated carbocycles. The second kappa shape index (κ2) is 12.9. The first-order valence-corrected chi connectivity index (χ1v) is 16.3. The van der Waals surface area contributed by atoms with Crippen molar-refractivity contribution in [1.82, 2.24) is 19.8 Å². The fraction of sp³-hybridized carbons (Fsp3) is 0.270. The van der Waals surface area contributed by atoms with Crippen molar-refractivity contribution in [3.05, 3.63) is 120 Å². The van der Waals surface area contributed by atoms with Crippen molar-refractivity contribution >= 4 is 45.4 Å². The van der Waals surface area contributed by atoms with Gasteiger partial charge in [0.15, 0.2) is 5.11 Å². The minimum atomic E-state index is -0.160. The van der Waals surface area contributed by atoms with Crippen LogP contribution in [0.2, 0.25) is 0 Å². The zero-order valence-corrected chi connectivity index (χ0v) is 27.0. The largest absolute Gasteiger partial charge is 0.378 e. The number of amides is 1. The molecule has 2 aliphatic heterocycles. The molecule has 0 bridgehead atoms. The van der Waals surface area contributed by atoms with Crippen LogP contribution >= 0.6 is 12.2 Å². The smallest absolute Gasteiger partial charge is 0.226 e. The third-order valence-electron chi connectivity index (χ3n) is 9.11. The number of anilines is 2. The van der Waals surface area contributed by atoms with E-state index in [1.165, 1.54) is 5.69 Å². The molecule has 0 unspecified atom stereocenters. The van der Waals surface area contributed by atoms with Crippen molar-refractivity contribution in [3.63, 3.8) is 0 Å². The summed E-state index contributed by atoms with van der Waals surface area (Å²) in [6.45, 7) is 8.11. The van der Waals surface area contributed by atoms with Gasteiger partial charge in [0.1, 0.15) is 0 Å². The molecule has 9 heteroatoms. The number of ether oxygens (including phenoxy) is 1. The number of pyridine rings is 1. The Hall–Kier alpha value is -4.73. The molecular formula is C37H38N6O2S. The Morgan fingerprint density at radius 2 is 1.70 bits per heavy atom. The monoisotopic (exact) mass is 630 g/mol. The van der Waals surface area contributed by atoms with Gasteiger partial charge in [-0.25, -0.2) is 0 Å². The molecule has 0 spiro atoms. The maximum atomic E-state index is 13.3. The van der Waals surface area contributed by atoms with Crippen LogP contribution in [-0.2, 0) is 9.53 Å². The van der Waals surface area contributed by atoms with Gasteiger partial charge >= 0.3 is 0 Å². The summed E-state index contributed by atoms with van der Waals surface area (Å²) in [5.74, 6) is -0.0509. The number of benzene rings is 3. The SMILES string of the molecule is Cc1cc([C@H]2[C@@H](c3ccccn3)NC(=S)N2CCC(=O)Nc2cccc3ccccc23)c(C)n1-c1ccc(N2CCOCC2)cc1. The van der Waals surface area contributed by atoms with E-state index in [0.717, 1.165) is 71.1 Å². The Labute approximate surface area is 275 Å². The first-order chi connectivity index (χ1) is 22.5. The highest BCUT2D eigenvalue weighted by atomic mass is 32.1. The van der Waals surface area contributed by atoms with Gasteiger partial charge in [-0.2, -0.15) is 0 Å². The molecule has 2 aromatic heterocycles. The first kappa shape index (κ1) is 30.0. The highest BCUT2D eigenvalue weighted by Gasteiger charge is 2.41. The normalized spacial score (nSPS) is 18.2. The average molecular weight is 631 g/mol. The van der Waals surface area contributed by atoms with E-state index >= 15 is 0 Å². The maximum absolute atomic E-state index is 13.3. The van der Waals surface area contributed by atoms with Gasteiger partial charge in [-0.3, -0.25) is 9.78 Å². The highest BCUT2D eigenvalue weighted by Crippen LogP contribution is 2.41. The molecule has 5 aromatic rings. The van der Waals surface area contributed by atoms with Crippen molar-refractivity contribution in [1.29, 1.82) is 0 Å². The molecule has 2 saturated heterocycles. The van der Waals surface area contributed by atoms with Crippen LogP contribution in [0.25, 0.3) is 16.5 Å². The number of hydrogen-bond donors (Lipinski definition) is 2. The van der Waals surface area contributed by atoms with Gasteiger partial charge in [-0.15, -0.1) is 0 Å². The number of rotatable bonds is 8. The highest BCUT2D eigenvalue weighted by molar-refractivity contribution is 7.80. The predicted molar refractivity (Wildman–Crippen MR) is 188 cm³/mol. The lowest BCUT2D eigenvalue weighted by Gasteiger charge is -2.29. The number of hydrogen-bond acceptors (Lipinski definition) is 5. The van der Waals surface area contributed by atoms with E-state index in [1.807, 2.05) is 54.7 Å². The second-order valence-corrected chi connectivity index (χ2v) is 12.3. The fourth-order valence-electron chi connectivity index (χ4n) is 6.87.